The van der Waals surface area contributed by atoms with Gasteiger partial charge < -0.3 is 13.9 Å². The van der Waals surface area contributed by atoms with Crippen molar-refractivity contribution in [3.63, 3.8) is 0 Å². The molecule has 1 N–H and O–H groups in total. The zero-order valence-corrected chi connectivity index (χ0v) is 13.6. The second-order valence-electron chi connectivity index (χ2n) is 5.42. The first kappa shape index (κ1) is 16.3. The van der Waals surface area contributed by atoms with Crippen LogP contribution in [0.2, 0.25) is 0 Å². The number of aryl methyl sites for hydroxylation is 1. The second-order valence-corrected chi connectivity index (χ2v) is 5.42. The van der Waals surface area contributed by atoms with Gasteiger partial charge in [0.1, 0.15) is 28.9 Å². The highest BCUT2D eigenvalue weighted by atomic mass is 16.4. The lowest BCUT2D eigenvalue weighted by atomic mass is 10.1. The lowest BCUT2D eigenvalue weighted by molar-refractivity contribution is 0.0697. The lowest BCUT2D eigenvalue weighted by Crippen LogP contribution is -1.94. The van der Waals surface area contributed by atoms with Gasteiger partial charge in [-0.1, -0.05) is 12.1 Å². The highest BCUT2D eigenvalue weighted by molar-refractivity contribution is 5.88. The maximum absolute atomic E-state index is 10.9. The number of benzene rings is 1. The van der Waals surface area contributed by atoms with Crippen LogP contribution >= 0.6 is 0 Å². The van der Waals surface area contributed by atoms with Gasteiger partial charge in [0.25, 0.3) is 0 Å². The molecular formula is C19H14N2O4. The SMILES string of the molecule is Cc1oc(N=Cc2ccc(-c3ccc(C(=O)O)cc3)o2)c(C#N)c1C. The fraction of sp³-hybridized carbons (Fsp3) is 0.105. The number of nitriles is 1. The van der Waals surface area contributed by atoms with Gasteiger partial charge in [-0.25, -0.2) is 9.79 Å². The first-order valence-electron chi connectivity index (χ1n) is 7.47. The largest absolute Gasteiger partial charge is 0.478 e. The molecule has 1 aromatic carbocycles. The summed E-state index contributed by atoms with van der Waals surface area (Å²) in [4.78, 5) is 15.1. The molecule has 2 aromatic heterocycles. The predicted molar refractivity (Wildman–Crippen MR) is 91.3 cm³/mol. The molecule has 0 amide bonds. The van der Waals surface area contributed by atoms with E-state index in [2.05, 4.69) is 11.1 Å². The van der Waals surface area contributed by atoms with Gasteiger partial charge in [0.2, 0.25) is 5.88 Å². The summed E-state index contributed by atoms with van der Waals surface area (Å²) in [6.07, 6.45) is 1.48. The van der Waals surface area contributed by atoms with Crippen molar-refractivity contribution in [2.24, 2.45) is 4.99 Å². The van der Waals surface area contributed by atoms with Crippen LogP contribution in [-0.2, 0) is 0 Å². The van der Waals surface area contributed by atoms with Crippen molar-refractivity contribution in [2.45, 2.75) is 13.8 Å². The van der Waals surface area contributed by atoms with Crippen LogP contribution in [0.15, 0.2) is 50.2 Å². The third-order valence-electron chi connectivity index (χ3n) is 3.83. The first-order valence-corrected chi connectivity index (χ1v) is 7.47. The third-order valence-corrected chi connectivity index (χ3v) is 3.83. The summed E-state index contributed by atoms with van der Waals surface area (Å²) >= 11 is 0. The molecule has 3 aromatic rings. The molecule has 0 radical (unpaired) electrons. The van der Waals surface area contributed by atoms with E-state index in [4.69, 9.17) is 13.9 Å². The standard InChI is InChI=1S/C19H14N2O4/c1-11-12(2)24-18(16(11)9-20)21-10-15-7-8-17(25-15)13-3-5-14(6-4-13)19(22)23/h3-8,10H,1-2H3,(H,22,23). The molecule has 6 heteroatoms. The molecule has 25 heavy (non-hydrogen) atoms. The molecule has 124 valence electrons. The van der Waals surface area contributed by atoms with Crippen LogP contribution in [0.1, 0.15) is 33.0 Å². The van der Waals surface area contributed by atoms with Crippen molar-refractivity contribution in [1.82, 2.24) is 0 Å². The van der Waals surface area contributed by atoms with Gasteiger partial charge in [0.15, 0.2) is 0 Å². The molecule has 0 bridgehead atoms. The molecule has 0 aliphatic carbocycles. The van der Waals surface area contributed by atoms with Crippen molar-refractivity contribution < 1.29 is 18.7 Å². The summed E-state index contributed by atoms with van der Waals surface area (Å²) < 4.78 is 11.1. The zero-order chi connectivity index (χ0) is 18.0. The van der Waals surface area contributed by atoms with Crippen LogP contribution in [0.25, 0.3) is 11.3 Å². The fourth-order valence-corrected chi connectivity index (χ4v) is 2.31. The summed E-state index contributed by atoms with van der Waals surface area (Å²) in [6.45, 7) is 3.59. The highest BCUT2D eigenvalue weighted by Gasteiger charge is 2.13. The van der Waals surface area contributed by atoms with Gasteiger partial charge in [-0.15, -0.1) is 0 Å². The Morgan fingerprint density at radius 2 is 1.88 bits per heavy atom. The van der Waals surface area contributed by atoms with Crippen LogP contribution < -0.4 is 0 Å². The number of hydrogen-bond acceptors (Lipinski definition) is 5. The summed E-state index contributed by atoms with van der Waals surface area (Å²) in [5.41, 5.74) is 2.15. The average molecular weight is 334 g/mol. The van der Waals surface area contributed by atoms with Gasteiger partial charge in [0, 0.05) is 11.1 Å². The molecule has 0 saturated carbocycles. The second kappa shape index (κ2) is 6.49. The Labute approximate surface area is 143 Å². The zero-order valence-electron chi connectivity index (χ0n) is 13.6. The molecule has 0 aliphatic heterocycles. The Bertz CT molecular complexity index is 1000. The number of hydrogen-bond donors (Lipinski definition) is 1. The normalized spacial score (nSPS) is 10.9. The first-order chi connectivity index (χ1) is 12.0. The summed E-state index contributed by atoms with van der Waals surface area (Å²) in [5, 5.41) is 18.1. The van der Waals surface area contributed by atoms with E-state index in [0.29, 0.717) is 22.8 Å². The van der Waals surface area contributed by atoms with E-state index in [1.165, 1.54) is 18.3 Å². The van der Waals surface area contributed by atoms with Gasteiger partial charge in [-0.3, -0.25) is 0 Å². The monoisotopic (exact) mass is 334 g/mol. The average Bonchev–Trinajstić information content (AvgIpc) is 3.18. The molecule has 0 atom stereocenters. The van der Waals surface area contributed by atoms with Crippen molar-refractivity contribution in [1.29, 1.82) is 5.26 Å². The number of aromatic carboxylic acids is 1. The molecule has 0 spiro atoms. The van der Waals surface area contributed by atoms with Crippen LogP contribution in [0, 0.1) is 25.2 Å². The molecule has 0 aliphatic rings. The van der Waals surface area contributed by atoms with Gasteiger partial charge in [0.05, 0.1) is 11.8 Å². The van der Waals surface area contributed by atoms with Crippen molar-refractivity contribution in [2.75, 3.05) is 0 Å². The number of furan rings is 2. The maximum Gasteiger partial charge on any atom is 0.335 e. The van der Waals surface area contributed by atoms with Gasteiger partial charge >= 0.3 is 5.97 Å². The van der Waals surface area contributed by atoms with Crippen LogP contribution in [0.3, 0.4) is 0 Å². The fourth-order valence-electron chi connectivity index (χ4n) is 2.31. The molecule has 2 heterocycles. The highest BCUT2D eigenvalue weighted by Crippen LogP contribution is 2.28. The summed E-state index contributed by atoms with van der Waals surface area (Å²) in [5.74, 6) is 1.01. The number of rotatable bonds is 4. The van der Waals surface area contributed by atoms with E-state index in [0.717, 1.165) is 11.1 Å². The quantitative estimate of drug-likeness (QED) is 0.709. The Balaban J connectivity index is 1.83. The molecule has 0 unspecified atom stereocenters. The summed E-state index contributed by atoms with van der Waals surface area (Å²) in [6, 6.07) is 12.0. The Morgan fingerprint density at radius 1 is 1.16 bits per heavy atom. The van der Waals surface area contributed by atoms with Gasteiger partial charge in [-0.2, -0.15) is 5.26 Å². The number of carboxylic acid groups (broad SMARTS) is 1. The minimum atomic E-state index is -0.976. The molecule has 0 saturated heterocycles. The van der Waals surface area contributed by atoms with Crippen LogP contribution in [-0.4, -0.2) is 17.3 Å². The molecule has 0 fully saturated rings. The smallest absolute Gasteiger partial charge is 0.335 e. The Hall–Kier alpha value is -3.59. The Kier molecular flexibility index (Phi) is 4.23. The molecule has 3 rings (SSSR count). The maximum atomic E-state index is 10.9. The van der Waals surface area contributed by atoms with E-state index in [1.807, 2.05) is 6.92 Å². The number of carbonyl (C=O) groups is 1. The third kappa shape index (κ3) is 3.21. The van der Waals surface area contributed by atoms with E-state index in [9.17, 15) is 10.1 Å². The minimum absolute atomic E-state index is 0.213. The van der Waals surface area contributed by atoms with E-state index < -0.39 is 5.97 Å². The number of nitrogens with zero attached hydrogens (tertiary/aromatic N) is 2. The Morgan fingerprint density at radius 3 is 2.52 bits per heavy atom. The van der Waals surface area contributed by atoms with E-state index in [-0.39, 0.29) is 11.4 Å². The molecular weight excluding hydrogens is 320 g/mol. The van der Waals surface area contributed by atoms with Crippen molar-refractivity contribution in [3.05, 3.63) is 64.6 Å². The van der Waals surface area contributed by atoms with Crippen molar-refractivity contribution >= 4 is 18.1 Å². The van der Waals surface area contributed by atoms with Crippen molar-refractivity contribution in [3.8, 4) is 17.4 Å². The minimum Gasteiger partial charge on any atom is -0.478 e. The van der Waals surface area contributed by atoms with Crippen LogP contribution in [0.5, 0.6) is 0 Å². The van der Waals surface area contributed by atoms with Gasteiger partial charge in [-0.05, 0) is 38.1 Å². The number of aliphatic imine (C=N–C) groups is 1. The van der Waals surface area contributed by atoms with E-state index >= 15 is 0 Å². The lowest BCUT2D eigenvalue weighted by Gasteiger charge is -1.98. The van der Waals surface area contributed by atoms with E-state index in [1.54, 1.807) is 31.2 Å². The topological polar surface area (TPSA) is 99.7 Å². The predicted octanol–water partition coefficient (Wildman–Crippen LogP) is 4.48. The summed E-state index contributed by atoms with van der Waals surface area (Å²) in [7, 11) is 0. The number of carboxylic acids is 1. The molecule has 6 nitrogen and oxygen atoms in total. The van der Waals surface area contributed by atoms with Crippen LogP contribution in [0.4, 0.5) is 5.88 Å².